The predicted octanol–water partition coefficient (Wildman–Crippen LogP) is 2.37. The van der Waals surface area contributed by atoms with Crippen LogP contribution in [0.1, 0.15) is 39.2 Å². The third kappa shape index (κ3) is 5.20. The van der Waals surface area contributed by atoms with Gasteiger partial charge in [0.2, 0.25) is 5.91 Å². The molecule has 130 valence electrons. The second-order valence-electron chi connectivity index (χ2n) is 7.21. The lowest BCUT2D eigenvalue weighted by atomic mass is 9.87. The van der Waals surface area contributed by atoms with E-state index in [2.05, 4.69) is 10.3 Å². The number of hydrogen-bond donors (Lipinski definition) is 3. The highest BCUT2D eigenvalue weighted by molar-refractivity contribution is 5.79. The number of benzene rings is 1. The first-order chi connectivity index (χ1) is 11.3. The largest absolute Gasteiger partial charge is 0.393 e. The van der Waals surface area contributed by atoms with E-state index in [1.54, 1.807) is 6.92 Å². The fourth-order valence-electron chi connectivity index (χ4n) is 2.92. The summed E-state index contributed by atoms with van der Waals surface area (Å²) in [6.45, 7) is 6.27. The number of pyridine rings is 1. The van der Waals surface area contributed by atoms with Gasteiger partial charge in [-0.2, -0.15) is 0 Å². The molecule has 0 radical (unpaired) electrons. The van der Waals surface area contributed by atoms with Crippen molar-refractivity contribution in [3.05, 3.63) is 46.2 Å². The highest BCUT2D eigenvalue weighted by atomic mass is 16.3. The summed E-state index contributed by atoms with van der Waals surface area (Å²) in [6.07, 6.45) is 0.903. The summed E-state index contributed by atoms with van der Waals surface area (Å²) >= 11 is 0. The Balaban J connectivity index is 1.92. The Hall–Kier alpha value is -2.14. The molecule has 1 aromatic heterocycles. The number of rotatable bonds is 7. The maximum atomic E-state index is 12.1. The third-order valence-corrected chi connectivity index (χ3v) is 4.06. The Morgan fingerprint density at radius 3 is 2.75 bits per heavy atom. The number of aliphatic hydroxyl groups excluding tert-OH is 1. The Morgan fingerprint density at radius 1 is 1.33 bits per heavy atom. The van der Waals surface area contributed by atoms with Crippen molar-refractivity contribution in [1.29, 1.82) is 0 Å². The maximum absolute atomic E-state index is 12.1. The molecule has 5 nitrogen and oxygen atoms in total. The van der Waals surface area contributed by atoms with Crippen LogP contribution in [0, 0.1) is 5.41 Å². The van der Waals surface area contributed by atoms with Gasteiger partial charge < -0.3 is 15.4 Å². The molecule has 1 unspecified atom stereocenters. The number of carbonyl (C=O) groups is 1. The van der Waals surface area contributed by atoms with Gasteiger partial charge in [-0.3, -0.25) is 9.59 Å². The van der Waals surface area contributed by atoms with Crippen molar-refractivity contribution in [2.75, 3.05) is 6.54 Å². The Morgan fingerprint density at radius 2 is 2.04 bits per heavy atom. The van der Waals surface area contributed by atoms with E-state index in [0.29, 0.717) is 24.9 Å². The van der Waals surface area contributed by atoms with Crippen LogP contribution in [0.4, 0.5) is 0 Å². The molecule has 1 amide bonds. The molecule has 0 aliphatic carbocycles. The molecule has 1 atom stereocenters. The summed E-state index contributed by atoms with van der Waals surface area (Å²) in [7, 11) is 0. The smallest absolute Gasteiger partial charge is 0.251 e. The topological polar surface area (TPSA) is 82.2 Å². The fraction of sp³-hybridized carbons (Fsp3) is 0.474. The Labute approximate surface area is 142 Å². The molecule has 1 aromatic carbocycles. The average molecular weight is 330 g/mol. The van der Waals surface area contributed by atoms with Gasteiger partial charge >= 0.3 is 0 Å². The maximum Gasteiger partial charge on any atom is 0.251 e. The number of aromatic nitrogens is 1. The van der Waals surface area contributed by atoms with Crippen molar-refractivity contribution in [2.24, 2.45) is 5.41 Å². The summed E-state index contributed by atoms with van der Waals surface area (Å²) in [5.41, 5.74) is 1.11. The van der Waals surface area contributed by atoms with Crippen LogP contribution in [0.5, 0.6) is 0 Å². The Kier molecular flexibility index (Phi) is 5.78. The lowest BCUT2D eigenvalue weighted by Gasteiger charge is -2.26. The minimum absolute atomic E-state index is 0.0822. The first-order valence-electron chi connectivity index (χ1n) is 8.32. The van der Waals surface area contributed by atoms with Crippen molar-refractivity contribution in [2.45, 2.75) is 46.1 Å². The summed E-state index contributed by atoms with van der Waals surface area (Å²) in [5, 5.41) is 13.3. The normalized spacial score (nSPS) is 13.0. The standard InChI is InChI=1S/C19H26N2O3/c1-13(22)11-19(2,3)12-20-17(23)9-8-15-10-14-6-4-5-7-16(14)21-18(15)24/h4-7,10,13,22H,8-9,11-12H2,1-3H3,(H,20,23)(H,21,24). The van der Waals surface area contributed by atoms with Gasteiger partial charge in [0.25, 0.3) is 5.56 Å². The monoisotopic (exact) mass is 330 g/mol. The second-order valence-corrected chi connectivity index (χ2v) is 7.21. The SMILES string of the molecule is CC(O)CC(C)(C)CNC(=O)CCc1cc2ccccc2[nH]c1=O. The van der Waals surface area contributed by atoms with Crippen molar-refractivity contribution < 1.29 is 9.90 Å². The molecule has 0 aliphatic rings. The van der Waals surface area contributed by atoms with Crippen LogP contribution in [-0.2, 0) is 11.2 Å². The molecular formula is C19H26N2O3. The molecule has 3 N–H and O–H groups in total. The number of carbonyl (C=O) groups excluding carboxylic acids is 1. The van der Waals surface area contributed by atoms with Gasteiger partial charge in [-0.15, -0.1) is 0 Å². The van der Waals surface area contributed by atoms with Crippen LogP contribution < -0.4 is 10.9 Å². The van der Waals surface area contributed by atoms with Crippen LogP contribution in [0.3, 0.4) is 0 Å². The minimum atomic E-state index is -0.395. The summed E-state index contributed by atoms with van der Waals surface area (Å²) in [4.78, 5) is 27.0. The van der Waals surface area contributed by atoms with E-state index in [-0.39, 0.29) is 23.3 Å². The molecule has 0 spiro atoms. The first kappa shape index (κ1) is 18.2. The molecule has 2 rings (SSSR count). The molecule has 5 heteroatoms. The van der Waals surface area contributed by atoms with Crippen LogP contribution in [0.2, 0.25) is 0 Å². The van der Waals surface area contributed by atoms with Crippen molar-refractivity contribution in [3.63, 3.8) is 0 Å². The molecule has 0 saturated heterocycles. The van der Waals surface area contributed by atoms with Gasteiger partial charge in [-0.05, 0) is 42.7 Å². The highest BCUT2D eigenvalue weighted by Gasteiger charge is 2.21. The number of H-pyrrole nitrogens is 1. The van der Waals surface area contributed by atoms with Gasteiger partial charge in [0, 0.05) is 24.0 Å². The summed E-state index contributed by atoms with van der Waals surface area (Å²) in [6, 6.07) is 9.44. The average Bonchev–Trinajstić information content (AvgIpc) is 2.49. The molecule has 0 fully saturated rings. The van der Waals surface area contributed by atoms with Gasteiger partial charge in [0.15, 0.2) is 0 Å². The van der Waals surface area contributed by atoms with Crippen molar-refractivity contribution in [3.8, 4) is 0 Å². The molecule has 24 heavy (non-hydrogen) atoms. The summed E-state index contributed by atoms with van der Waals surface area (Å²) in [5.74, 6) is -0.0822. The first-order valence-corrected chi connectivity index (χ1v) is 8.32. The van der Waals surface area contributed by atoms with E-state index in [1.807, 2.05) is 44.2 Å². The van der Waals surface area contributed by atoms with Gasteiger partial charge in [-0.1, -0.05) is 32.0 Å². The molecule has 0 aliphatic heterocycles. The minimum Gasteiger partial charge on any atom is -0.393 e. The number of fused-ring (bicyclic) bond motifs is 1. The number of aliphatic hydroxyl groups is 1. The van der Waals surface area contributed by atoms with Crippen molar-refractivity contribution in [1.82, 2.24) is 10.3 Å². The van der Waals surface area contributed by atoms with Crippen LogP contribution in [0.25, 0.3) is 10.9 Å². The van der Waals surface area contributed by atoms with Crippen LogP contribution in [-0.4, -0.2) is 28.6 Å². The summed E-state index contributed by atoms with van der Waals surface area (Å²) < 4.78 is 0. The molecular weight excluding hydrogens is 304 g/mol. The number of para-hydroxylation sites is 1. The Bertz CT molecular complexity index is 763. The fourth-order valence-corrected chi connectivity index (χ4v) is 2.92. The van der Waals surface area contributed by atoms with E-state index in [9.17, 15) is 14.7 Å². The zero-order chi connectivity index (χ0) is 17.7. The number of amides is 1. The van der Waals surface area contributed by atoms with Crippen LogP contribution >= 0.6 is 0 Å². The van der Waals surface area contributed by atoms with Gasteiger partial charge in [-0.25, -0.2) is 0 Å². The number of hydrogen-bond acceptors (Lipinski definition) is 3. The number of nitrogens with one attached hydrogen (secondary N) is 2. The van der Waals surface area contributed by atoms with E-state index in [1.165, 1.54) is 0 Å². The molecule has 1 heterocycles. The van der Waals surface area contributed by atoms with E-state index in [4.69, 9.17) is 0 Å². The quantitative estimate of drug-likeness (QED) is 0.729. The zero-order valence-electron chi connectivity index (χ0n) is 14.6. The zero-order valence-corrected chi connectivity index (χ0v) is 14.6. The lowest BCUT2D eigenvalue weighted by molar-refractivity contribution is -0.121. The molecule has 0 bridgehead atoms. The third-order valence-electron chi connectivity index (χ3n) is 4.06. The predicted molar refractivity (Wildman–Crippen MR) is 96.0 cm³/mol. The van der Waals surface area contributed by atoms with E-state index >= 15 is 0 Å². The molecule has 2 aromatic rings. The van der Waals surface area contributed by atoms with Gasteiger partial charge in [0.1, 0.15) is 0 Å². The number of aryl methyl sites for hydroxylation is 1. The van der Waals surface area contributed by atoms with Crippen LogP contribution in [0.15, 0.2) is 35.1 Å². The number of aromatic amines is 1. The second kappa shape index (κ2) is 7.62. The van der Waals surface area contributed by atoms with Crippen molar-refractivity contribution >= 4 is 16.8 Å². The van der Waals surface area contributed by atoms with E-state index in [0.717, 1.165) is 10.9 Å². The highest BCUT2D eigenvalue weighted by Crippen LogP contribution is 2.21. The van der Waals surface area contributed by atoms with E-state index < -0.39 is 6.10 Å². The molecule has 0 saturated carbocycles. The van der Waals surface area contributed by atoms with Gasteiger partial charge in [0.05, 0.1) is 6.10 Å². The lowest BCUT2D eigenvalue weighted by Crippen LogP contribution is -2.36.